The quantitative estimate of drug-likeness (QED) is 0.263. The average molecular weight is 563 g/mol. The summed E-state index contributed by atoms with van der Waals surface area (Å²) in [5.74, 6) is -0.174. The molecule has 1 saturated heterocycles. The molecule has 0 spiro atoms. The highest BCUT2D eigenvalue weighted by Gasteiger charge is 2.28. The molecule has 11 nitrogen and oxygen atoms in total. The van der Waals surface area contributed by atoms with E-state index in [0.717, 1.165) is 35.5 Å². The van der Waals surface area contributed by atoms with Gasteiger partial charge in [0.05, 0.1) is 49.0 Å². The zero-order valence-corrected chi connectivity index (χ0v) is 23.3. The van der Waals surface area contributed by atoms with Gasteiger partial charge in [-0.25, -0.2) is 9.59 Å². The van der Waals surface area contributed by atoms with Gasteiger partial charge in [-0.15, -0.1) is 21.5 Å². The molecule has 0 bridgehead atoms. The first-order valence-electron chi connectivity index (χ1n) is 12.3. The number of aromatic nitrogens is 3. The fourth-order valence-corrected chi connectivity index (χ4v) is 5.96. The molecule has 1 unspecified atom stereocenters. The van der Waals surface area contributed by atoms with Gasteiger partial charge < -0.3 is 23.9 Å². The number of furan rings is 1. The first-order valence-corrected chi connectivity index (χ1v) is 14.1. The second-order valence-electron chi connectivity index (χ2n) is 8.48. The Labute approximate surface area is 228 Å². The number of nitrogens with zero attached hydrogens (tertiary/aromatic N) is 3. The van der Waals surface area contributed by atoms with Crippen LogP contribution in [0.25, 0.3) is 11.4 Å². The summed E-state index contributed by atoms with van der Waals surface area (Å²) in [5.41, 5.74) is 1.38. The lowest BCUT2D eigenvalue weighted by atomic mass is 10.1. The highest BCUT2D eigenvalue weighted by Crippen LogP contribution is 2.35. The Balaban J connectivity index is 1.53. The number of rotatable bonds is 11. The van der Waals surface area contributed by atoms with Crippen molar-refractivity contribution in [2.75, 3.05) is 30.9 Å². The van der Waals surface area contributed by atoms with Crippen molar-refractivity contribution in [1.29, 1.82) is 0 Å². The third-order valence-electron chi connectivity index (χ3n) is 5.90. The monoisotopic (exact) mass is 562 g/mol. The molecular weight excluding hydrogens is 532 g/mol. The van der Waals surface area contributed by atoms with E-state index in [2.05, 4.69) is 15.5 Å². The molecule has 4 rings (SSSR count). The molecule has 1 aliphatic heterocycles. The fourth-order valence-electron chi connectivity index (χ4n) is 4.10. The van der Waals surface area contributed by atoms with Gasteiger partial charge in [-0.05, 0) is 52.2 Å². The summed E-state index contributed by atoms with van der Waals surface area (Å²) < 4.78 is 23.5. The van der Waals surface area contributed by atoms with Gasteiger partial charge in [-0.1, -0.05) is 11.8 Å². The Morgan fingerprint density at radius 2 is 1.95 bits per heavy atom. The summed E-state index contributed by atoms with van der Waals surface area (Å²) in [6.07, 6.45) is 3.57. The molecule has 13 heteroatoms. The van der Waals surface area contributed by atoms with E-state index in [4.69, 9.17) is 18.6 Å². The zero-order chi connectivity index (χ0) is 27.2. The van der Waals surface area contributed by atoms with Crippen molar-refractivity contribution >= 4 is 45.9 Å². The van der Waals surface area contributed by atoms with E-state index in [1.807, 2.05) is 17.6 Å². The lowest BCUT2D eigenvalue weighted by Crippen LogP contribution is -2.19. The van der Waals surface area contributed by atoms with Crippen molar-refractivity contribution in [3.8, 4) is 11.4 Å². The second kappa shape index (κ2) is 12.6. The molecule has 3 aromatic heterocycles. The number of nitrogens with one attached hydrogen (secondary N) is 1. The predicted octanol–water partition coefficient (Wildman–Crippen LogP) is 4.48. The topological polar surface area (TPSA) is 135 Å². The zero-order valence-electron chi connectivity index (χ0n) is 21.7. The number of carbonyl (C=O) groups is 3. The Kier molecular flexibility index (Phi) is 9.23. The number of amides is 1. The molecule has 1 amide bonds. The summed E-state index contributed by atoms with van der Waals surface area (Å²) in [4.78, 5) is 38.3. The number of aryl methyl sites for hydroxylation is 1. The molecule has 0 saturated carbocycles. The summed E-state index contributed by atoms with van der Waals surface area (Å²) >= 11 is 2.21. The third kappa shape index (κ3) is 6.11. The molecule has 0 aromatic carbocycles. The van der Waals surface area contributed by atoms with Crippen molar-refractivity contribution < 1.29 is 33.0 Å². The van der Waals surface area contributed by atoms with Gasteiger partial charge in [-0.2, -0.15) is 0 Å². The van der Waals surface area contributed by atoms with E-state index in [9.17, 15) is 14.4 Å². The normalized spacial score (nSPS) is 15.0. The van der Waals surface area contributed by atoms with Crippen LogP contribution in [0.5, 0.6) is 0 Å². The number of hydrogen-bond donors (Lipinski definition) is 1. The average Bonchev–Trinajstić information content (AvgIpc) is 3.67. The number of thiophene rings is 1. The molecule has 0 aliphatic carbocycles. The molecular formula is C25H30N4O7S2. The standard InChI is InChI=1S/C25H30N4O7S2/c1-5-33-23(31)19-14(3)20(24(32)34-6-2)38-22(19)26-18(30)13-37-25-28-27-21(17-9-11-35-15(17)4)29(25)12-16-8-7-10-36-16/h9,11,16H,5-8,10,12-13H2,1-4H3,(H,26,30). The fraction of sp³-hybridized carbons (Fsp3) is 0.480. The van der Waals surface area contributed by atoms with E-state index in [-0.39, 0.29) is 46.4 Å². The van der Waals surface area contributed by atoms with Crippen LogP contribution in [0.15, 0.2) is 21.9 Å². The summed E-state index contributed by atoms with van der Waals surface area (Å²) in [7, 11) is 0. The van der Waals surface area contributed by atoms with E-state index in [1.54, 1.807) is 27.0 Å². The summed E-state index contributed by atoms with van der Waals surface area (Å²) in [6.45, 7) is 8.49. The van der Waals surface area contributed by atoms with Crippen molar-refractivity contribution in [1.82, 2.24) is 14.8 Å². The Morgan fingerprint density at radius 3 is 2.61 bits per heavy atom. The predicted molar refractivity (Wildman–Crippen MR) is 142 cm³/mol. The summed E-state index contributed by atoms with van der Waals surface area (Å²) in [6, 6.07) is 1.84. The highest BCUT2D eigenvalue weighted by atomic mass is 32.2. The number of carbonyl (C=O) groups excluding carboxylic acids is 3. The van der Waals surface area contributed by atoms with Gasteiger partial charge in [0.2, 0.25) is 5.91 Å². The molecule has 0 radical (unpaired) electrons. The largest absolute Gasteiger partial charge is 0.469 e. The van der Waals surface area contributed by atoms with Crippen LogP contribution in [-0.4, -0.2) is 64.3 Å². The van der Waals surface area contributed by atoms with E-state index < -0.39 is 11.9 Å². The maximum atomic E-state index is 13.0. The van der Waals surface area contributed by atoms with Crippen molar-refractivity contribution in [3.63, 3.8) is 0 Å². The molecule has 1 fully saturated rings. The van der Waals surface area contributed by atoms with E-state index in [0.29, 0.717) is 29.7 Å². The van der Waals surface area contributed by atoms with Crippen LogP contribution in [0.3, 0.4) is 0 Å². The van der Waals surface area contributed by atoms with Crippen LogP contribution in [-0.2, 0) is 25.5 Å². The van der Waals surface area contributed by atoms with Gasteiger partial charge in [0, 0.05) is 6.61 Å². The Hall–Kier alpha value is -3.16. The molecule has 1 N–H and O–H groups in total. The van der Waals surface area contributed by atoms with Gasteiger partial charge in [0.1, 0.15) is 15.6 Å². The molecule has 1 aliphatic rings. The maximum Gasteiger partial charge on any atom is 0.348 e. The van der Waals surface area contributed by atoms with Crippen LogP contribution < -0.4 is 5.32 Å². The highest BCUT2D eigenvalue weighted by molar-refractivity contribution is 7.99. The lowest BCUT2D eigenvalue weighted by Gasteiger charge is -2.14. The number of thioether (sulfide) groups is 1. The lowest BCUT2D eigenvalue weighted by molar-refractivity contribution is -0.113. The van der Waals surface area contributed by atoms with Crippen molar-refractivity contribution in [2.45, 2.75) is 58.3 Å². The minimum Gasteiger partial charge on any atom is -0.469 e. The van der Waals surface area contributed by atoms with Crippen molar-refractivity contribution in [3.05, 3.63) is 34.1 Å². The SMILES string of the molecule is CCOC(=O)c1sc(NC(=O)CSc2nnc(-c3ccoc3C)n2CC2CCCO2)c(C(=O)OCC)c1C. The molecule has 3 aromatic rings. The maximum absolute atomic E-state index is 13.0. The molecule has 4 heterocycles. The smallest absolute Gasteiger partial charge is 0.348 e. The van der Waals surface area contributed by atoms with Gasteiger partial charge in [-0.3, -0.25) is 9.36 Å². The number of esters is 2. The van der Waals surface area contributed by atoms with Gasteiger partial charge in [0.15, 0.2) is 11.0 Å². The van der Waals surface area contributed by atoms with Crippen LogP contribution in [0.1, 0.15) is 58.0 Å². The Bertz CT molecular complexity index is 1310. The Morgan fingerprint density at radius 1 is 1.18 bits per heavy atom. The second-order valence-corrected chi connectivity index (χ2v) is 10.4. The number of anilines is 1. The van der Waals surface area contributed by atoms with Crippen LogP contribution in [0.4, 0.5) is 5.00 Å². The summed E-state index contributed by atoms with van der Waals surface area (Å²) in [5, 5.41) is 12.3. The van der Waals surface area contributed by atoms with E-state index in [1.165, 1.54) is 11.8 Å². The number of hydrogen-bond acceptors (Lipinski definition) is 11. The van der Waals surface area contributed by atoms with Gasteiger partial charge in [0.25, 0.3) is 0 Å². The number of ether oxygens (including phenoxy) is 3. The minimum absolute atomic E-state index is 0.00196. The van der Waals surface area contributed by atoms with Crippen molar-refractivity contribution in [2.24, 2.45) is 0 Å². The first kappa shape index (κ1) is 27.9. The minimum atomic E-state index is -0.615. The molecule has 1 atom stereocenters. The van der Waals surface area contributed by atoms with Crippen LogP contribution in [0.2, 0.25) is 0 Å². The van der Waals surface area contributed by atoms with Gasteiger partial charge >= 0.3 is 11.9 Å². The van der Waals surface area contributed by atoms with Crippen LogP contribution >= 0.6 is 23.1 Å². The molecule has 38 heavy (non-hydrogen) atoms. The third-order valence-corrected chi connectivity index (χ3v) is 8.05. The molecule has 204 valence electrons. The van der Waals surface area contributed by atoms with Crippen LogP contribution in [0, 0.1) is 13.8 Å². The van der Waals surface area contributed by atoms with E-state index >= 15 is 0 Å². The first-order chi connectivity index (χ1) is 18.3.